The molecule has 4 N–H and O–H groups in total. The van der Waals surface area contributed by atoms with Crippen molar-refractivity contribution in [2.75, 3.05) is 7.11 Å². The number of amides is 1. The molecule has 22 heavy (non-hydrogen) atoms. The molecular formula is C15H14N2O5. The number of rotatable bonds is 4. The molecule has 2 rings (SSSR count). The quantitative estimate of drug-likeness (QED) is 0.506. The Labute approximate surface area is 126 Å². The summed E-state index contributed by atoms with van der Waals surface area (Å²) in [6.07, 6.45) is 1.07. The van der Waals surface area contributed by atoms with Crippen LogP contribution in [0.2, 0.25) is 0 Å². The zero-order valence-electron chi connectivity index (χ0n) is 11.6. The minimum atomic E-state index is -0.461. The first kappa shape index (κ1) is 15.2. The average Bonchev–Trinajstić information content (AvgIpc) is 2.49. The molecule has 0 saturated heterocycles. The van der Waals surface area contributed by atoms with E-state index in [0.717, 1.165) is 18.3 Å². The molecule has 0 aliphatic heterocycles. The molecular weight excluding hydrogens is 288 g/mol. The molecule has 114 valence electrons. The zero-order chi connectivity index (χ0) is 16.1. The summed E-state index contributed by atoms with van der Waals surface area (Å²) in [6, 6.07) is 8.50. The summed E-state index contributed by atoms with van der Waals surface area (Å²) in [5.41, 5.74) is 2.61. The average molecular weight is 302 g/mol. The maximum atomic E-state index is 11.8. The first-order valence-electron chi connectivity index (χ1n) is 6.23. The lowest BCUT2D eigenvalue weighted by atomic mass is 10.2. The number of carbonyl (C=O) groups is 1. The second-order valence-electron chi connectivity index (χ2n) is 4.33. The summed E-state index contributed by atoms with van der Waals surface area (Å²) >= 11 is 0. The molecule has 0 radical (unpaired) electrons. The molecule has 0 atom stereocenters. The van der Waals surface area contributed by atoms with Gasteiger partial charge in [0, 0.05) is 17.7 Å². The normalized spacial score (nSPS) is 10.6. The van der Waals surface area contributed by atoms with Crippen LogP contribution in [0.15, 0.2) is 41.5 Å². The zero-order valence-corrected chi connectivity index (χ0v) is 11.6. The van der Waals surface area contributed by atoms with Crippen LogP contribution in [0, 0.1) is 0 Å². The Balaban J connectivity index is 2.07. The van der Waals surface area contributed by atoms with Crippen LogP contribution in [0.5, 0.6) is 23.0 Å². The third-order valence-electron chi connectivity index (χ3n) is 2.83. The van der Waals surface area contributed by atoms with Gasteiger partial charge in [0.1, 0.15) is 23.0 Å². The minimum absolute atomic E-state index is 0.0205. The predicted molar refractivity (Wildman–Crippen MR) is 79.5 cm³/mol. The molecule has 0 fully saturated rings. The lowest BCUT2D eigenvalue weighted by Gasteiger charge is -2.04. The number of hydrazone groups is 1. The third kappa shape index (κ3) is 3.45. The number of benzene rings is 2. The fourth-order valence-electron chi connectivity index (χ4n) is 1.70. The van der Waals surface area contributed by atoms with E-state index in [0.29, 0.717) is 11.3 Å². The van der Waals surface area contributed by atoms with Crippen molar-refractivity contribution in [2.45, 2.75) is 0 Å². The number of hydrogen-bond donors (Lipinski definition) is 4. The molecule has 0 aliphatic rings. The van der Waals surface area contributed by atoms with E-state index in [1.54, 1.807) is 24.3 Å². The maximum Gasteiger partial charge on any atom is 0.271 e. The summed E-state index contributed by atoms with van der Waals surface area (Å²) in [7, 11) is 1.52. The van der Waals surface area contributed by atoms with Crippen LogP contribution in [-0.2, 0) is 0 Å². The Morgan fingerprint density at radius 1 is 1.14 bits per heavy atom. The molecule has 0 spiro atoms. The number of phenols is 3. The van der Waals surface area contributed by atoms with Crippen molar-refractivity contribution in [3.8, 4) is 23.0 Å². The topological polar surface area (TPSA) is 111 Å². The fraction of sp³-hybridized carbons (Fsp3) is 0.0667. The molecule has 0 aromatic heterocycles. The molecule has 7 nitrogen and oxygen atoms in total. The fourth-order valence-corrected chi connectivity index (χ4v) is 1.70. The van der Waals surface area contributed by atoms with Crippen molar-refractivity contribution in [3.63, 3.8) is 0 Å². The van der Waals surface area contributed by atoms with Crippen LogP contribution >= 0.6 is 0 Å². The minimum Gasteiger partial charge on any atom is -0.508 e. The van der Waals surface area contributed by atoms with Gasteiger partial charge >= 0.3 is 0 Å². The van der Waals surface area contributed by atoms with Crippen molar-refractivity contribution in [1.29, 1.82) is 0 Å². The molecule has 0 aliphatic carbocycles. The van der Waals surface area contributed by atoms with Crippen LogP contribution in [-0.4, -0.2) is 34.6 Å². The molecule has 0 heterocycles. The summed E-state index contributed by atoms with van der Waals surface area (Å²) in [5.74, 6) is -0.843. The van der Waals surface area contributed by atoms with Crippen LogP contribution in [0.25, 0.3) is 0 Å². The number of aromatic hydroxyl groups is 3. The van der Waals surface area contributed by atoms with E-state index < -0.39 is 5.91 Å². The van der Waals surface area contributed by atoms with E-state index in [-0.39, 0.29) is 22.8 Å². The summed E-state index contributed by atoms with van der Waals surface area (Å²) < 4.78 is 4.99. The van der Waals surface area contributed by atoms with E-state index in [1.165, 1.54) is 7.11 Å². The number of carbonyl (C=O) groups excluding carboxylic acids is 1. The summed E-state index contributed by atoms with van der Waals surface area (Å²) in [6.45, 7) is 0. The number of hydrogen-bond acceptors (Lipinski definition) is 6. The van der Waals surface area contributed by atoms with Crippen molar-refractivity contribution in [3.05, 3.63) is 47.5 Å². The number of ether oxygens (including phenoxy) is 1. The van der Waals surface area contributed by atoms with Gasteiger partial charge in [0.2, 0.25) is 0 Å². The summed E-state index contributed by atoms with van der Waals surface area (Å²) in [4.78, 5) is 11.8. The van der Waals surface area contributed by atoms with E-state index in [9.17, 15) is 20.1 Å². The standard InChI is InChI=1S/C15H14N2O5/c1-22-11-4-2-9(3-5-11)15(21)17-16-8-12-13(19)6-10(18)7-14(12)20/h2-8,18-20H,1H3,(H,17,21)/b16-8+. The number of phenolic OH excluding ortho intramolecular Hbond substituents is 3. The first-order chi connectivity index (χ1) is 10.5. The van der Waals surface area contributed by atoms with Crippen LogP contribution < -0.4 is 10.2 Å². The SMILES string of the molecule is COc1ccc(C(=O)N/N=C/c2c(O)cc(O)cc2O)cc1. The number of nitrogens with zero attached hydrogens (tertiary/aromatic N) is 1. The van der Waals surface area contributed by atoms with Crippen molar-refractivity contribution >= 4 is 12.1 Å². The molecule has 0 saturated carbocycles. The van der Waals surface area contributed by atoms with Crippen LogP contribution in [0.1, 0.15) is 15.9 Å². The molecule has 1 amide bonds. The summed E-state index contributed by atoms with van der Waals surface area (Å²) in [5, 5.41) is 32.0. The molecule has 0 bridgehead atoms. The Bertz CT molecular complexity index is 687. The monoisotopic (exact) mass is 302 g/mol. The highest BCUT2D eigenvalue weighted by atomic mass is 16.5. The van der Waals surface area contributed by atoms with Crippen molar-refractivity contribution in [1.82, 2.24) is 5.43 Å². The lowest BCUT2D eigenvalue weighted by molar-refractivity contribution is 0.0955. The Morgan fingerprint density at radius 2 is 1.73 bits per heavy atom. The van der Waals surface area contributed by atoms with Gasteiger partial charge in [-0.25, -0.2) is 5.43 Å². The van der Waals surface area contributed by atoms with Gasteiger partial charge in [0.05, 0.1) is 18.9 Å². The van der Waals surface area contributed by atoms with E-state index in [2.05, 4.69) is 10.5 Å². The van der Waals surface area contributed by atoms with Gasteiger partial charge in [0.15, 0.2) is 0 Å². The second-order valence-corrected chi connectivity index (χ2v) is 4.33. The van der Waals surface area contributed by atoms with Gasteiger partial charge < -0.3 is 20.1 Å². The van der Waals surface area contributed by atoms with Gasteiger partial charge in [0.25, 0.3) is 5.91 Å². The Kier molecular flexibility index (Phi) is 4.47. The second kappa shape index (κ2) is 6.49. The van der Waals surface area contributed by atoms with Gasteiger partial charge in [-0.15, -0.1) is 0 Å². The highest BCUT2D eigenvalue weighted by molar-refractivity contribution is 5.95. The molecule has 7 heteroatoms. The van der Waals surface area contributed by atoms with Gasteiger partial charge in [-0.2, -0.15) is 5.10 Å². The van der Waals surface area contributed by atoms with E-state index >= 15 is 0 Å². The van der Waals surface area contributed by atoms with Gasteiger partial charge in [-0.3, -0.25) is 4.79 Å². The van der Waals surface area contributed by atoms with Crippen molar-refractivity contribution < 1.29 is 24.9 Å². The maximum absolute atomic E-state index is 11.8. The Hall–Kier alpha value is -3.22. The van der Waals surface area contributed by atoms with Gasteiger partial charge in [-0.1, -0.05) is 0 Å². The third-order valence-corrected chi connectivity index (χ3v) is 2.83. The Morgan fingerprint density at radius 3 is 2.27 bits per heavy atom. The smallest absolute Gasteiger partial charge is 0.271 e. The first-order valence-corrected chi connectivity index (χ1v) is 6.23. The highest BCUT2D eigenvalue weighted by Crippen LogP contribution is 2.30. The van der Waals surface area contributed by atoms with E-state index in [1.807, 2.05) is 0 Å². The van der Waals surface area contributed by atoms with Gasteiger partial charge in [-0.05, 0) is 24.3 Å². The highest BCUT2D eigenvalue weighted by Gasteiger charge is 2.08. The lowest BCUT2D eigenvalue weighted by Crippen LogP contribution is -2.17. The molecule has 2 aromatic rings. The van der Waals surface area contributed by atoms with Crippen molar-refractivity contribution in [2.24, 2.45) is 5.10 Å². The van der Waals surface area contributed by atoms with Crippen LogP contribution in [0.4, 0.5) is 0 Å². The van der Waals surface area contributed by atoms with Crippen LogP contribution in [0.3, 0.4) is 0 Å². The number of nitrogens with one attached hydrogen (secondary N) is 1. The molecule has 2 aromatic carbocycles. The predicted octanol–water partition coefficient (Wildman–Crippen LogP) is 1.58. The number of methoxy groups -OCH3 is 1. The van der Waals surface area contributed by atoms with E-state index in [4.69, 9.17) is 4.74 Å². The molecule has 0 unspecified atom stereocenters. The largest absolute Gasteiger partial charge is 0.508 e.